The second-order valence-electron chi connectivity index (χ2n) is 8.77. The van der Waals surface area contributed by atoms with Crippen LogP contribution in [0.4, 0.5) is 16.2 Å². The molecule has 0 radical (unpaired) electrons. The van der Waals surface area contributed by atoms with E-state index < -0.39 is 16.2 Å². The van der Waals surface area contributed by atoms with Crippen LogP contribution < -0.4 is 39.2 Å². The van der Waals surface area contributed by atoms with E-state index in [2.05, 4.69) is 21.2 Å². The second-order valence-corrected chi connectivity index (χ2v) is 10.3. The number of ether oxygens (including phenoxy) is 1. The number of carbonyl (C=O) groups excluding carboxylic acids is 1. The maximum absolute atomic E-state index is 13.2. The monoisotopic (exact) mass is 481 g/mol. The van der Waals surface area contributed by atoms with Gasteiger partial charge in [0.2, 0.25) is 0 Å². The molecule has 1 N–H and O–H groups in total. The summed E-state index contributed by atoms with van der Waals surface area (Å²) in [5, 5.41) is 6.92. The molecule has 1 fully saturated rings. The molecular weight excluding hydrogens is 453 g/mol. The van der Waals surface area contributed by atoms with Gasteiger partial charge in [-0.15, -0.1) is 0 Å². The summed E-state index contributed by atoms with van der Waals surface area (Å²) < 4.78 is 38.3. The zero-order valence-electron chi connectivity index (χ0n) is 19.2. The smallest absolute Gasteiger partial charge is 0.423 e. The minimum atomic E-state index is -4.28. The van der Waals surface area contributed by atoms with Crippen molar-refractivity contribution in [1.82, 2.24) is 9.78 Å². The van der Waals surface area contributed by atoms with Gasteiger partial charge in [0.15, 0.2) is 6.03 Å². The first kappa shape index (κ1) is 24.5. The van der Waals surface area contributed by atoms with E-state index in [-0.39, 0.29) is 42.2 Å². The molecule has 0 saturated carbocycles. The Bertz CT molecular complexity index is 1110. The van der Waals surface area contributed by atoms with Crippen LogP contribution in [0.5, 0.6) is 0 Å². The quantitative estimate of drug-likeness (QED) is 0.595. The first-order valence-corrected chi connectivity index (χ1v) is 12.6. The summed E-state index contributed by atoms with van der Waals surface area (Å²) in [5.41, 5.74) is 5.94. The molecule has 2 aromatic rings. The van der Waals surface area contributed by atoms with Crippen molar-refractivity contribution in [1.29, 1.82) is 0 Å². The van der Waals surface area contributed by atoms with Crippen LogP contribution in [0, 0.1) is 0 Å². The summed E-state index contributed by atoms with van der Waals surface area (Å²) in [4.78, 5) is 12.9. The Kier molecular flexibility index (Phi) is 7.40. The number of hydrogen-bond donors (Lipinski definition) is 1. The Balaban J connectivity index is 0.00000259. The fraction of sp³-hybridized carbons (Fsp3) is 0.545. The number of nitrogens with zero attached hydrogens (tertiary/aromatic N) is 4. The molecule has 11 heteroatoms. The van der Waals surface area contributed by atoms with E-state index in [4.69, 9.17) is 4.74 Å². The van der Waals surface area contributed by atoms with Gasteiger partial charge in [0.05, 0.1) is 24.5 Å². The number of rotatable bonds is 6. The van der Waals surface area contributed by atoms with E-state index in [1.165, 1.54) is 22.0 Å². The molecule has 2 aliphatic carbocycles. The third-order valence-corrected chi connectivity index (χ3v) is 7.87. The van der Waals surface area contributed by atoms with E-state index >= 15 is 0 Å². The number of fused-ring (bicyclic) bond motifs is 2. The Morgan fingerprint density at radius 1 is 1.21 bits per heavy atom. The fourth-order valence-corrected chi connectivity index (χ4v) is 6.16. The molecule has 2 heterocycles. The molecule has 9 nitrogen and oxygen atoms in total. The van der Waals surface area contributed by atoms with Crippen molar-refractivity contribution in [2.24, 2.45) is 7.05 Å². The number of benzene rings is 1. The number of urea groups is 1. The molecule has 0 spiro atoms. The van der Waals surface area contributed by atoms with Crippen molar-refractivity contribution >= 4 is 27.6 Å². The van der Waals surface area contributed by atoms with Crippen molar-refractivity contribution in [2.45, 2.75) is 57.5 Å². The van der Waals surface area contributed by atoms with Gasteiger partial charge < -0.3 is 14.8 Å². The van der Waals surface area contributed by atoms with Gasteiger partial charge in [-0.2, -0.15) is 5.10 Å². The van der Waals surface area contributed by atoms with Crippen molar-refractivity contribution in [3.8, 4) is 0 Å². The van der Waals surface area contributed by atoms with E-state index in [0.717, 1.165) is 72.5 Å². The third-order valence-electron chi connectivity index (χ3n) is 6.55. The van der Waals surface area contributed by atoms with Crippen molar-refractivity contribution in [3.05, 3.63) is 45.4 Å². The SMILES string of the molecule is Cn1cc(N(CC2CCCO2)S(=O)(=O)[N-]C(=O)Nc2c3c(cc4c2CCC4)CCC3)cn1.[Na+]. The minimum Gasteiger partial charge on any atom is -0.423 e. The third kappa shape index (κ3) is 5.09. The van der Waals surface area contributed by atoms with Crippen LogP contribution in [0.15, 0.2) is 18.5 Å². The van der Waals surface area contributed by atoms with Crippen LogP contribution in [0.1, 0.15) is 47.9 Å². The summed E-state index contributed by atoms with van der Waals surface area (Å²) in [7, 11) is -2.57. The van der Waals surface area contributed by atoms with Gasteiger partial charge >= 0.3 is 29.6 Å². The number of anilines is 2. The predicted molar refractivity (Wildman–Crippen MR) is 121 cm³/mol. The number of amides is 2. The molecule has 2 amide bonds. The zero-order valence-corrected chi connectivity index (χ0v) is 22.0. The van der Waals surface area contributed by atoms with Gasteiger partial charge in [-0.3, -0.25) is 13.8 Å². The summed E-state index contributed by atoms with van der Waals surface area (Å²) in [6.45, 7) is 0.703. The van der Waals surface area contributed by atoms with Crippen LogP contribution in [0.25, 0.3) is 4.72 Å². The largest absolute Gasteiger partial charge is 1.00 e. The van der Waals surface area contributed by atoms with Gasteiger partial charge in [-0.25, -0.2) is 8.42 Å². The van der Waals surface area contributed by atoms with E-state index in [9.17, 15) is 13.2 Å². The number of aromatic nitrogens is 2. The normalized spacial score (nSPS) is 19.0. The summed E-state index contributed by atoms with van der Waals surface area (Å²) in [6, 6.07) is 1.40. The Labute approximate surface area is 216 Å². The van der Waals surface area contributed by atoms with E-state index in [1.54, 1.807) is 13.2 Å². The van der Waals surface area contributed by atoms with Crippen LogP contribution in [0.2, 0.25) is 0 Å². The maximum atomic E-state index is 13.2. The van der Waals surface area contributed by atoms with Gasteiger partial charge in [-0.05, 0) is 79.3 Å². The molecule has 3 aliphatic rings. The molecule has 172 valence electrons. The van der Waals surface area contributed by atoms with E-state index in [0.29, 0.717) is 12.3 Å². The van der Waals surface area contributed by atoms with Crippen molar-refractivity contribution in [2.75, 3.05) is 22.8 Å². The van der Waals surface area contributed by atoms with Crippen LogP contribution >= 0.6 is 0 Å². The standard InChI is InChI=1S/C22H29N5O4S.Na/c1-26-13-17(12-23-26)27(14-18-7-4-10-31-18)32(29,30)25-22(28)24-21-19-8-2-5-15(19)11-16-6-3-9-20(16)21;/h11-13,18H,2-10,14H2,1H3,(H2,24,25,28);/q;+1/p-1. The zero-order chi connectivity index (χ0) is 22.3. The number of hydrogen-bond acceptors (Lipinski definition) is 5. The molecule has 1 aromatic carbocycles. The van der Waals surface area contributed by atoms with Gasteiger partial charge in [0.1, 0.15) is 0 Å². The average molecular weight is 482 g/mol. The number of carbonyl (C=O) groups is 1. The van der Waals surface area contributed by atoms with Gasteiger partial charge in [0.25, 0.3) is 10.2 Å². The molecular formula is C22H28N5NaO4S. The van der Waals surface area contributed by atoms with Gasteiger partial charge in [-0.1, -0.05) is 6.07 Å². The molecule has 33 heavy (non-hydrogen) atoms. The Morgan fingerprint density at radius 3 is 2.48 bits per heavy atom. The van der Waals surface area contributed by atoms with Gasteiger partial charge in [0, 0.05) is 19.9 Å². The molecule has 1 atom stereocenters. The first-order valence-electron chi connectivity index (χ1n) is 11.2. The van der Waals surface area contributed by atoms with E-state index in [1.807, 2.05) is 0 Å². The average Bonchev–Trinajstić information content (AvgIpc) is 3.52. The minimum absolute atomic E-state index is 0. The van der Waals surface area contributed by atoms with Crippen molar-refractivity contribution < 1.29 is 47.5 Å². The fourth-order valence-electron chi connectivity index (χ4n) is 5.09. The molecule has 5 rings (SSSR count). The van der Waals surface area contributed by atoms with Crippen LogP contribution in [-0.2, 0) is 47.7 Å². The topological polar surface area (TPSA) is 108 Å². The Morgan fingerprint density at radius 2 is 1.91 bits per heavy atom. The molecule has 1 aliphatic heterocycles. The number of nitrogens with one attached hydrogen (secondary N) is 1. The number of aryl methyl sites for hydroxylation is 3. The molecule has 1 saturated heterocycles. The summed E-state index contributed by atoms with van der Waals surface area (Å²) in [6.07, 6.45) is 10.3. The van der Waals surface area contributed by atoms with Crippen molar-refractivity contribution in [3.63, 3.8) is 0 Å². The summed E-state index contributed by atoms with van der Waals surface area (Å²) >= 11 is 0. The molecule has 0 bridgehead atoms. The molecule has 1 aromatic heterocycles. The predicted octanol–water partition coefficient (Wildman–Crippen LogP) is 0.238. The summed E-state index contributed by atoms with van der Waals surface area (Å²) in [5.74, 6) is 0. The Hall–Kier alpha value is -1.59. The second kappa shape index (κ2) is 9.95. The first-order chi connectivity index (χ1) is 15.4. The van der Waals surface area contributed by atoms with Crippen LogP contribution in [0.3, 0.4) is 0 Å². The molecule has 1 unspecified atom stereocenters. The maximum Gasteiger partial charge on any atom is 1.00 e. The van der Waals surface area contributed by atoms with Crippen LogP contribution in [-0.4, -0.2) is 43.5 Å².